The van der Waals surface area contributed by atoms with Gasteiger partial charge in [0, 0.05) is 54.1 Å². The Morgan fingerprint density at radius 3 is 2.86 bits per heavy atom. The van der Waals surface area contributed by atoms with E-state index in [0.29, 0.717) is 5.76 Å². The van der Waals surface area contributed by atoms with Crippen molar-refractivity contribution in [2.24, 2.45) is 0 Å². The summed E-state index contributed by atoms with van der Waals surface area (Å²) in [6, 6.07) is 10.8. The molecule has 4 heteroatoms. The van der Waals surface area contributed by atoms with Crippen LogP contribution in [0.3, 0.4) is 0 Å². The standard InChI is InChI=1S/C24H29N3O/c1-17(2)28-24(4,19-7-6-11-25-14-19)16-27-22-9-8-18(3)13-20(22)21-15-26(5)12-10-23(21)27/h6-9,11,13-14H,1,10,12,15-16H2,2-5H3. The zero-order chi connectivity index (χ0) is 19.9. The second-order valence-corrected chi connectivity index (χ2v) is 8.30. The third-order valence-electron chi connectivity index (χ3n) is 5.73. The molecule has 4 nitrogen and oxygen atoms in total. The highest BCUT2D eigenvalue weighted by atomic mass is 16.5. The lowest BCUT2D eigenvalue weighted by molar-refractivity contribution is 0.000349. The maximum Gasteiger partial charge on any atom is 0.150 e. The molecule has 1 atom stereocenters. The first-order valence-electron chi connectivity index (χ1n) is 9.91. The Morgan fingerprint density at radius 2 is 2.14 bits per heavy atom. The van der Waals surface area contributed by atoms with Crippen LogP contribution in [0.2, 0.25) is 0 Å². The van der Waals surface area contributed by atoms with E-state index in [2.05, 4.69) is 66.2 Å². The lowest BCUT2D eigenvalue weighted by atomic mass is 9.96. The molecule has 0 amide bonds. The van der Waals surface area contributed by atoms with Gasteiger partial charge >= 0.3 is 0 Å². The number of ether oxygens (including phenoxy) is 1. The van der Waals surface area contributed by atoms with Gasteiger partial charge in [-0.25, -0.2) is 0 Å². The molecule has 28 heavy (non-hydrogen) atoms. The van der Waals surface area contributed by atoms with Gasteiger partial charge in [0.05, 0.1) is 12.3 Å². The molecule has 0 aliphatic carbocycles. The molecule has 0 saturated heterocycles. The second kappa shape index (κ2) is 7.10. The Morgan fingerprint density at radius 1 is 1.32 bits per heavy atom. The highest BCUT2D eigenvalue weighted by molar-refractivity contribution is 5.86. The first-order valence-corrected chi connectivity index (χ1v) is 9.91. The van der Waals surface area contributed by atoms with Crippen molar-refractivity contribution in [1.82, 2.24) is 14.5 Å². The fourth-order valence-corrected chi connectivity index (χ4v) is 4.42. The molecule has 1 aliphatic rings. The highest BCUT2D eigenvalue weighted by Crippen LogP contribution is 2.36. The summed E-state index contributed by atoms with van der Waals surface area (Å²) in [6.07, 6.45) is 4.75. The van der Waals surface area contributed by atoms with E-state index < -0.39 is 5.60 Å². The van der Waals surface area contributed by atoms with Gasteiger partial charge in [0.1, 0.15) is 5.60 Å². The first kappa shape index (κ1) is 18.8. The van der Waals surface area contributed by atoms with Gasteiger partial charge in [-0.1, -0.05) is 24.3 Å². The molecule has 0 saturated carbocycles. The Hall–Kier alpha value is -2.59. The monoisotopic (exact) mass is 375 g/mol. The molecule has 4 rings (SSSR count). The van der Waals surface area contributed by atoms with Crippen LogP contribution in [0.5, 0.6) is 0 Å². The number of likely N-dealkylation sites (N-methyl/N-ethyl adjacent to an activating group) is 1. The van der Waals surface area contributed by atoms with Crippen molar-refractivity contribution in [3.8, 4) is 0 Å². The molecule has 146 valence electrons. The van der Waals surface area contributed by atoms with E-state index in [1.807, 2.05) is 19.2 Å². The van der Waals surface area contributed by atoms with Crippen molar-refractivity contribution in [3.63, 3.8) is 0 Å². The van der Waals surface area contributed by atoms with E-state index in [0.717, 1.165) is 31.6 Å². The summed E-state index contributed by atoms with van der Waals surface area (Å²) in [5.41, 5.74) is 6.00. The van der Waals surface area contributed by atoms with Gasteiger partial charge in [0.25, 0.3) is 0 Å². The molecule has 0 fully saturated rings. The number of allylic oxidation sites excluding steroid dienone is 1. The normalized spacial score (nSPS) is 16.6. The minimum atomic E-state index is -0.534. The van der Waals surface area contributed by atoms with Gasteiger partial charge in [-0.3, -0.25) is 4.98 Å². The number of fused-ring (bicyclic) bond motifs is 3. The van der Waals surface area contributed by atoms with Crippen LogP contribution in [0, 0.1) is 6.92 Å². The van der Waals surface area contributed by atoms with Crippen LogP contribution in [0.1, 0.15) is 36.2 Å². The lowest BCUT2D eigenvalue weighted by Crippen LogP contribution is -2.33. The lowest BCUT2D eigenvalue weighted by Gasteiger charge is -2.33. The summed E-state index contributed by atoms with van der Waals surface area (Å²) < 4.78 is 8.78. The number of pyridine rings is 1. The molecule has 1 aromatic carbocycles. The largest absolute Gasteiger partial charge is 0.486 e. The molecule has 2 aromatic heterocycles. The number of aromatic nitrogens is 2. The number of hydrogen-bond acceptors (Lipinski definition) is 3. The molecule has 3 heterocycles. The predicted octanol–water partition coefficient (Wildman–Crippen LogP) is 4.80. The minimum Gasteiger partial charge on any atom is -0.486 e. The van der Waals surface area contributed by atoms with E-state index in [9.17, 15) is 0 Å². The summed E-state index contributed by atoms with van der Waals surface area (Å²) in [7, 11) is 2.20. The average molecular weight is 376 g/mol. The van der Waals surface area contributed by atoms with Crippen LogP contribution in [-0.4, -0.2) is 28.0 Å². The molecular formula is C24H29N3O. The minimum absolute atomic E-state index is 0.534. The number of hydrogen-bond donors (Lipinski definition) is 0. The van der Waals surface area contributed by atoms with Crippen molar-refractivity contribution < 1.29 is 4.74 Å². The van der Waals surface area contributed by atoms with Gasteiger partial charge in [-0.2, -0.15) is 0 Å². The number of aryl methyl sites for hydroxylation is 1. The third-order valence-corrected chi connectivity index (χ3v) is 5.73. The quantitative estimate of drug-likeness (QED) is 0.600. The molecular weight excluding hydrogens is 346 g/mol. The predicted molar refractivity (Wildman–Crippen MR) is 114 cm³/mol. The van der Waals surface area contributed by atoms with Gasteiger partial charge < -0.3 is 14.2 Å². The van der Waals surface area contributed by atoms with E-state index in [-0.39, 0.29) is 0 Å². The number of nitrogens with zero attached hydrogens (tertiary/aromatic N) is 3. The molecule has 0 N–H and O–H groups in total. The van der Waals surface area contributed by atoms with Crippen LogP contribution in [0.25, 0.3) is 10.9 Å². The summed E-state index contributed by atoms with van der Waals surface area (Å²) >= 11 is 0. The van der Waals surface area contributed by atoms with Gasteiger partial charge in [0.2, 0.25) is 0 Å². The molecule has 0 bridgehead atoms. The van der Waals surface area contributed by atoms with Crippen molar-refractivity contribution in [2.45, 2.75) is 45.9 Å². The highest BCUT2D eigenvalue weighted by Gasteiger charge is 2.33. The molecule has 0 spiro atoms. The molecule has 1 unspecified atom stereocenters. The summed E-state index contributed by atoms with van der Waals surface area (Å²) in [5.74, 6) is 0.715. The van der Waals surface area contributed by atoms with Crippen molar-refractivity contribution in [1.29, 1.82) is 0 Å². The van der Waals surface area contributed by atoms with Gasteiger partial charge in [-0.15, -0.1) is 0 Å². The SMILES string of the molecule is C=C(C)OC(C)(Cn1c2c(c3cc(C)ccc31)CN(C)CC2)c1cccnc1. The Bertz CT molecular complexity index is 1020. The molecule has 1 aliphatic heterocycles. The van der Waals surface area contributed by atoms with Crippen LogP contribution < -0.4 is 0 Å². The zero-order valence-electron chi connectivity index (χ0n) is 17.3. The van der Waals surface area contributed by atoms with Crippen LogP contribution >= 0.6 is 0 Å². The maximum absolute atomic E-state index is 6.32. The average Bonchev–Trinajstić information content (AvgIpc) is 2.94. The summed E-state index contributed by atoms with van der Waals surface area (Å²) in [6.45, 7) is 13.0. The van der Waals surface area contributed by atoms with E-state index in [1.54, 1.807) is 6.20 Å². The Kier molecular flexibility index (Phi) is 4.76. The first-order chi connectivity index (χ1) is 13.4. The fraction of sp³-hybridized carbons (Fsp3) is 0.375. The Balaban J connectivity index is 1.87. The van der Waals surface area contributed by atoms with Crippen molar-refractivity contribution in [3.05, 3.63) is 77.4 Å². The van der Waals surface area contributed by atoms with E-state index in [1.165, 1.54) is 27.7 Å². The van der Waals surface area contributed by atoms with E-state index in [4.69, 9.17) is 4.74 Å². The zero-order valence-corrected chi connectivity index (χ0v) is 17.3. The van der Waals surface area contributed by atoms with Crippen LogP contribution in [0.15, 0.2) is 55.1 Å². The third kappa shape index (κ3) is 3.33. The van der Waals surface area contributed by atoms with Crippen LogP contribution in [-0.2, 0) is 29.8 Å². The summed E-state index contributed by atoms with van der Waals surface area (Å²) in [5, 5.41) is 1.37. The van der Waals surface area contributed by atoms with Crippen molar-refractivity contribution >= 4 is 10.9 Å². The molecule has 0 radical (unpaired) electrons. The topological polar surface area (TPSA) is 30.3 Å². The fourth-order valence-electron chi connectivity index (χ4n) is 4.42. The van der Waals surface area contributed by atoms with Gasteiger partial charge in [-0.05, 0) is 51.6 Å². The van der Waals surface area contributed by atoms with E-state index >= 15 is 0 Å². The number of benzene rings is 1. The smallest absolute Gasteiger partial charge is 0.150 e. The van der Waals surface area contributed by atoms with Crippen molar-refractivity contribution in [2.75, 3.05) is 13.6 Å². The molecule has 3 aromatic rings. The van der Waals surface area contributed by atoms with Crippen LogP contribution in [0.4, 0.5) is 0 Å². The summed E-state index contributed by atoms with van der Waals surface area (Å²) in [4.78, 5) is 6.74. The second-order valence-electron chi connectivity index (χ2n) is 8.30. The van der Waals surface area contributed by atoms with Gasteiger partial charge in [0.15, 0.2) is 0 Å². The Labute approximate surface area is 167 Å². The number of rotatable bonds is 5. The maximum atomic E-state index is 6.32.